The summed E-state index contributed by atoms with van der Waals surface area (Å²) in [5.41, 5.74) is 4.28. The molecule has 2 aromatic carbocycles. The summed E-state index contributed by atoms with van der Waals surface area (Å²) in [5.74, 6) is -0.592. The second-order valence-electron chi connectivity index (χ2n) is 6.12. The van der Waals surface area contributed by atoms with Crippen LogP contribution in [0.5, 0.6) is 0 Å². The number of carboxylic acids is 1. The summed E-state index contributed by atoms with van der Waals surface area (Å²) in [6.45, 7) is 1.96. The lowest BCUT2D eigenvalue weighted by atomic mass is 10.1. The molecule has 4 rings (SSSR count). The smallest absolute Gasteiger partial charge is 0.335 e. The van der Waals surface area contributed by atoms with Crippen molar-refractivity contribution in [2.24, 2.45) is 0 Å². The molecule has 0 aliphatic rings. The molecule has 2 heterocycles. The molecule has 0 bridgehead atoms. The first kappa shape index (κ1) is 16.1. The van der Waals surface area contributed by atoms with E-state index in [1.54, 1.807) is 24.3 Å². The van der Waals surface area contributed by atoms with Crippen molar-refractivity contribution in [2.75, 3.05) is 0 Å². The molecule has 0 fully saturated rings. The minimum atomic E-state index is -0.954. The first-order valence-corrected chi connectivity index (χ1v) is 8.30. The number of furan rings is 1. The highest BCUT2D eigenvalue weighted by Crippen LogP contribution is 2.32. The fourth-order valence-electron chi connectivity index (χ4n) is 3.08. The van der Waals surface area contributed by atoms with Gasteiger partial charge < -0.3 is 14.5 Å². The van der Waals surface area contributed by atoms with Gasteiger partial charge in [-0.25, -0.2) is 9.18 Å². The Morgan fingerprint density at radius 1 is 1.08 bits per heavy atom. The molecule has 0 aliphatic carbocycles. The molecule has 2 aromatic heterocycles. The van der Waals surface area contributed by atoms with Crippen molar-refractivity contribution in [3.8, 4) is 22.7 Å². The summed E-state index contributed by atoms with van der Waals surface area (Å²) in [4.78, 5) is 14.2. The van der Waals surface area contributed by atoms with E-state index >= 15 is 0 Å². The van der Waals surface area contributed by atoms with Crippen molar-refractivity contribution in [1.82, 2.24) is 4.98 Å². The normalized spacial score (nSPS) is 11.2. The molecule has 2 N–H and O–H groups in total. The number of hydrogen-bond acceptors (Lipinski definition) is 2. The highest BCUT2D eigenvalue weighted by molar-refractivity contribution is 5.88. The number of fused-ring (bicyclic) bond motifs is 1. The third-order valence-corrected chi connectivity index (χ3v) is 4.43. The van der Waals surface area contributed by atoms with Crippen LogP contribution >= 0.6 is 0 Å². The van der Waals surface area contributed by atoms with Gasteiger partial charge in [0.1, 0.15) is 11.4 Å². The number of aromatic amines is 1. The Morgan fingerprint density at radius 2 is 1.81 bits per heavy atom. The first-order chi connectivity index (χ1) is 12.5. The minimum Gasteiger partial charge on any atom is -0.478 e. The Balaban J connectivity index is 1.72. The zero-order chi connectivity index (χ0) is 18.3. The quantitative estimate of drug-likeness (QED) is 0.511. The van der Waals surface area contributed by atoms with Crippen LogP contribution < -0.4 is 0 Å². The number of benzene rings is 2. The van der Waals surface area contributed by atoms with Gasteiger partial charge in [-0.2, -0.15) is 0 Å². The van der Waals surface area contributed by atoms with Crippen molar-refractivity contribution in [1.29, 1.82) is 0 Å². The summed E-state index contributed by atoms with van der Waals surface area (Å²) in [6.07, 6.45) is 0.688. The maximum absolute atomic E-state index is 13.7. The highest BCUT2D eigenvalue weighted by Gasteiger charge is 2.13. The summed E-state index contributed by atoms with van der Waals surface area (Å²) in [7, 11) is 0. The molecular formula is C21H16FNO3. The second-order valence-corrected chi connectivity index (χ2v) is 6.12. The van der Waals surface area contributed by atoms with E-state index in [-0.39, 0.29) is 11.4 Å². The number of rotatable bonds is 4. The van der Waals surface area contributed by atoms with Crippen LogP contribution in [0.1, 0.15) is 22.8 Å². The van der Waals surface area contributed by atoms with Crippen LogP contribution in [-0.4, -0.2) is 16.1 Å². The lowest BCUT2D eigenvalue weighted by Gasteiger charge is -2.00. The summed E-state index contributed by atoms with van der Waals surface area (Å²) < 4.78 is 19.7. The maximum atomic E-state index is 13.7. The number of aromatic carboxylic acids is 1. The number of nitrogens with one attached hydrogen (secondary N) is 1. The molecule has 130 valence electrons. The van der Waals surface area contributed by atoms with E-state index in [1.165, 1.54) is 12.1 Å². The lowest BCUT2D eigenvalue weighted by Crippen LogP contribution is -1.94. The van der Waals surface area contributed by atoms with E-state index in [0.29, 0.717) is 17.8 Å². The summed E-state index contributed by atoms with van der Waals surface area (Å²) in [5, 5.41) is 9.72. The molecule has 0 spiro atoms. The maximum Gasteiger partial charge on any atom is 0.335 e. The Bertz CT molecular complexity index is 1110. The number of carbonyl (C=O) groups is 1. The highest BCUT2D eigenvalue weighted by atomic mass is 19.1. The van der Waals surface area contributed by atoms with Crippen LogP contribution in [0, 0.1) is 5.82 Å². The van der Waals surface area contributed by atoms with Crippen molar-refractivity contribution in [3.63, 3.8) is 0 Å². The Morgan fingerprint density at radius 3 is 2.50 bits per heavy atom. The third-order valence-electron chi connectivity index (χ3n) is 4.43. The van der Waals surface area contributed by atoms with E-state index in [9.17, 15) is 9.18 Å². The summed E-state index contributed by atoms with van der Waals surface area (Å²) >= 11 is 0. The van der Waals surface area contributed by atoms with E-state index in [0.717, 1.165) is 27.9 Å². The molecule has 0 unspecified atom stereocenters. The van der Waals surface area contributed by atoms with E-state index in [4.69, 9.17) is 9.52 Å². The fourth-order valence-corrected chi connectivity index (χ4v) is 3.08. The zero-order valence-corrected chi connectivity index (χ0v) is 14.0. The topological polar surface area (TPSA) is 66.2 Å². The predicted octanol–water partition coefficient (Wildman–Crippen LogP) is 5.49. The molecule has 4 aromatic rings. The Labute approximate surface area is 148 Å². The number of aromatic nitrogens is 1. The monoisotopic (exact) mass is 349 g/mol. The number of H-pyrrole nitrogens is 1. The minimum absolute atomic E-state index is 0.243. The number of carboxylic acid groups (broad SMARTS) is 1. The molecule has 0 atom stereocenters. The van der Waals surface area contributed by atoms with E-state index in [1.807, 2.05) is 25.1 Å². The van der Waals surface area contributed by atoms with Gasteiger partial charge in [-0.05, 0) is 60.0 Å². The van der Waals surface area contributed by atoms with Gasteiger partial charge in [0.2, 0.25) is 0 Å². The van der Waals surface area contributed by atoms with Gasteiger partial charge in [-0.15, -0.1) is 0 Å². The summed E-state index contributed by atoms with van der Waals surface area (Å²) in [6, 6.07) is 15.2. The molecule has 4 nitrogen and oxygen atoms in total. The SMILES string of the molecule is CCc1cc(F)cc2cc(-c3ccc(-c4ccc(C(=O)O)cc4)[nH]3)oc12. The van der Waals surface area contributed by atoms with Crippen LogP contribution in [-0.2, 0) is 6.42 Å². The Kier molecular flexibility index (Phi) is 3.84. The molecular weight excluding hydrogens is 333 g/mol. The molecule has 0 radical (unpaired) electrons. The van der Waals surface area contributed by atoms with Crippen LogP contribution in [0.4, 0.5) is 4.39 Å². The molecule has 0 saturated carbocycles. The van der Waals surface area contributed by atoms with Crippen molar-refractivity contribution >= 4 is 16.9 Å². The van der Waals surface area contributed by atoms with Crippen LogP contribution in [0.25, 0.3) is 33.7 Å². The molecule has 0 aliphatic heterocycles. The van der Waals surface area contributed by atoms with Gasteiger partial charge in [0.15, 0.2) is 5.76 Å². The van der Waals surface area contributed by atoms with Crippen molar-refractivity contribution < 1.29 is 18.7 Å². The van der Waals surface area contributed by atoms with Gasteiger partial charge in [0.05, 0.1) is 11.3 Å². The number of aryl methyl sites for hydroxylation is 1. The first-order valence-electron chi connectivity index (χ1n) is 8.30. The number of halogens is 1. The third kappa shape index (κ3) is 2.77. The zero-order valence-electron chi connectivity index (χ0n) is 14.0. The van der Waals surface area contributed by atoms with Crippen LogP contribution in [0.2, 0.25) is 0 Å². The lowest BCUT2D eigenvalue weighted by molar-refractivity contribution is 0.0697. The Hall–Kier alpha value is -3.34. The molecule has 0 saturated heterocycles. The van der Waals surface area contributed by atoms with Crippen LogP contribution in [0.15, 0.2) is 59.0 Å². The van der Waals surface area contributed by atoms with Gasteiger partial charge in [-0.3, -0.25) is 0 Å². The molecule has 5 heteroatoms. The van der Waals surface area contributed by atoms with Crippen molar-refractivity contribution in [2.45, 2.75) is 13.3 Å². The van der Waals surface area contributed by atoms with Gasteiger partial charge in [-0.1, -0.05) is 19.1 Å². The largest absolute Gasteiger partial charge is 0.478 e. The average Bonchev–Trinajstić information content (AvgIpc) is 3.27. The van der Waals surface area contributed by atoms with Gasteiger partial charge in [0, 0.05) is 11.1 Å². The average molecular weight is 349 g/mol. The fraction of sp³-hybridized carbons (Fsp3) is 0.0952. The standard InChI is InChI=1S/C21H16FNO3/c1-2-12-9-16(22)10-15-11-19(26-20(12)15)18-8-7-17(23-18)13-3-5-14(6-4-13)21(24)25/h3-11,23H,2H2,1H3,(H,24,25). The number of hydrogen-bond donors (Lipinski definition) is 2. The van der Waals surface area contributed by atoms with Gasteiger partial charge >= 0.3 is 5.97 Å². The molecule has 26 heavy (non-hydrogen) atoms. The predicted molar refractivity (Wildman–Crippen MR) is 97.7 cm³/mol. The van der Waals surface area contributed by atoms with E-state index < -0.39 is 5.97 Å². The van der Waals surface area contributed by atoms with Gasteiger partial charge in [0.25, 0.3) is 0 Å². The van der Waals surface area contributed by atoms with Crippen LogP contribution in [0.3, 0.4) is 0 Å². The molecule has 0 amide bonds. The second kappa shape index (κ2) is 6.19. The van der Waals surface area contributed by atoms with Crippen molar-refractivity contribution in [3.05, 3.63) is 71.5 Å². The van der Waals surface area contributed by atoms with E-state index in [2.05, 4.69) is 4.98 Å².